The number of hydrogen-bond donors (Lipinski definition) is 1. The molecule has 2 heteroatoms. The average molecular weight is 212 g/mol. The average Bonchev–Trinajstić information content (AvgIpc) is 2.29. The summed E-state index contributed by atoms with van der Waals surface area (Å²) in [6.45, 7) is 2.29. The van der Waals surface area contributed by atoms with Gasteiger partial charge in [-0.1, -0.05) is 25.1 Å². The minimum absolute atomic E-state index is 0.737. The molecule has 2 aromatic rings. The molecule has 1 aliphatic rings. The van der Waals surface area contributed by atoms with Crippen LogP contribution in [0.25, 0.3) is 10.9 Å². The molecule has 0 radical (unpaired) electrons. The van der Waals surface area contributed by atoms with Crippen LogP contribution in [0.4, 0.5) is 5.69 Å². The summed E-state index contributed by atoms with van der Waals surface area (Å²) >= 11 is 0. The van der Waals surface area contributed by atoms with Gasteiger partial charge in [0.25, 0.3) is 0 Å². The fraction of sp³-hybridized carbons (Fsp3) is 0.357. The summed E-state index contributed by atoms with van der Waals surface area (Å²) in [7, 11) is 0. The molecule has 0 spiro atoms. The Labute approximate surface area is 95.5 Å². The van der Waals surface area contributed by atoms with Gasteiger partial charge in [-0.3, -0.25) is 4.98 Å². The number of nitrogen functional groups attached to an aromatic ring is 1. The van der Waals surface area contributed by atoms with Gasteiger partial charge in [-0.25, -0.2) is 0 Å². The first-order valence-corrected chi connectivity index (χ1v) is 5.91. The summed E-state index contributed by atoms with van der Waals surface area (Å²) in [5, 5.41) is 1.11. The summed E-state index contributed by atoms with van der Waals surface area (Å²) < 4.78 is 0. The third-order valence-corrected chi connectivity index (χ3v) is 3.55. The van der Waals surface area contributed by atoms with Gasteiger partial charge in [0.15, 0.2) is 0 Å². The second-order valence-corrected chi connectivity index (χ2v) is 4.82. The van der Waals surface area contributed by atoms with Crippen molar-refractivity contribution >= 4 is 16.6 Å². The van der Waals surface area contributed by atoms with Gasteiger partial charge in [0.1, 0.15) is 0 Å². The Kier molecular flexibility index (Phi) is 2.10. The first-order chi connectivity index (χ1) is 7.75. The van der Waals surface area contributed by atoms with Gasteiger partial charge in [0, 0.05) is 16.8 Å². The molecule has 0 unspecified atom stereocenters. The van der Waals surface area contributed by atoms with Crippen molar-refractivity contribution in [2.45, 2.75) is 26.2 Å². The minimum Gasteiger partial charge on any atom is -0.398 e. The number of pyridine rings is 1. The molecule has 2 N–H and O–H groups in total. The number of anilines is 1. The Hall–Kier alpha value is -1.57. The third kappa shape index (κ3) is 1.37. The predicted molar refractivity (Wildman–Crippen MR) is 67.3 cm³/mol. The van der Waals surface area contributed by atoms with E-state index in [-0.39, 0.29) is 0 Å². The smallest absolute Gasteiger partial charge is 0.0726 e. The lowest BCUT2D eigenvalue weighted by molar-refractivity contribution is 0.494. The Morgan fingerprint density at radius 2 is 2.12 bits per heavy atom. The summed E-state index contributed by atoms with van der Waals surface area (Å²) in [5.41, 5.74) is 10.7. The Morgan fingerprint density at radius 1 is 1.31 bits per heavy atom. The lowest BCUT2D eigenvalue weighted by Crippen LogP contribution is -2.15. The topological polar surface area (TPSA) is 38.9 Å². The summed E-state index contributed by atoms with van der Waals surface area (Å²) in [5.74, 6) is 0.737. The van der Waals surface area contributed by atoms with Crippen molar-refractivity contribution in [1.82, 2.24) is 4.98 Å². The van der Waals surface area contributed by atoms with E-state index in [0.717, 1.165) is 35.3 Å². The molecule has 82 valence electrons. The van der Waals surface area contributed by atoms with Crippen LogP contribution in [0, 0.1) is 5.92 Å². The zero-order valence-electron chi connectivity index (χ0n) is 9.53. The van der Waals surface area contributed by atoms with Gasteiger partial charge < -0.3 is 5.73 Å². The van der Waals surface area contributed by atoms with Crippen LogP contribution >= 0.6 is 0 Å². The molecule has 0 bridgehead atoms. The van der Waals surface area contributed by atoms with E-state index in [9.17, 15) is 0 Å². The number of fused-ring (bicyclic) bond motifs is 2. The van der Waals surface area contributed by atoms with Gasteiger partial charge in [0.2, 0.25) is 0 Å². The van der Waals surface area contributed by atoms with Crippen LogP contribution in [0.2, 0.25) is 0 Å². The van der Waals surface area contributed by atoms with Crippen molar-refractivity contribution in [3.05, 3.63) is 35.5 Å². The number of benzene rings is 1. The quantitative estimate of drug-likeness (QED) is 0.729. The van der Waals surface area contributed by atoms with E-state index in [0.29, 0.717) is 0 Å². The minimum atomic E-state index is 0.737. The maximum absolute atomic E-state index is 6.25. The number of nitrogens with two attached hydrogens (primary N) is 1. The molecule has 1 aromatic heterocycles. The van der Waals surface area contributed by atoms with E-state index in [1.165, 1.54) is 17.7 Å². The largest absolute Gasteiger partial charge is 0.398 e. The fourth-order valence-electron chi connectivity index (χ4n) is 2.60. The Morgan fingerprint density at radius 3 is 3.00 bits per heavy atom. The molecule has 0 fully saturated rings. The first-order valence-electron chi connectivity index (χ1n) is 5.91. The van der Waals surface area contributed by atoms with Crippen molar-refractivity contribution in [2.75, 3.05) is 5.73 Å². The van der Waals surface area contributed by atoms with E-state index in [4.69, 9.17) is 10.7 Å². The van der Waals surface area contributed by atoms with Crippen molar-refractivity contribution in [3.8, 4) is 0 Å². The van der Waals surface area contributed by atoms with E-state index < -0.39 is 0 Å². The number of nitrogens with zero attached hydrogens (tertiary/aromatic N) is 1. The molecule has 0 saturated heterocycles. The van der Waals surface area contributed by atoms with Crippen molar-refractivity contribution in [2.24, 2.45) is 5.92 Å². The molecular weight excluding hydrogens is 196 g/mol. The van der Waals surface area contributed by atoms with Crippen molar-refractivity contribution < 1.29 is 0 Å². The molecule has 1 aliphatic carbocycles. The summed E-state index contributed by atoms with van der Waals surface area (Å²) in [4.78, 5) is 4.75. The normalized spacial score (nSPS) is 19.7. The van der Waals surface area contributed by atoms with Gasteiger partial charge in [-0.05, 0) is 36.8 Å². The summed E-state index contributed by atoms with van der Waals surface area (Å²) in [6.07, 6.45) is 3.39. The predicted octanol–water partition coefficient (Wildman–Crippen LogP) is 2.94. The maximum Gasteiger partial charge on any atom is 0.0726 e. The lowest BCUT2D eigenvalue weighted by atomic mass is 9.86. The number of para-hydroxylation sites is 1. The van der Waals surface area contributed by atoms with Crippen LogP contribution < -0.4 is 5.73 Å². The molecule has 0 aliphatic heterocycles. The molecule has 0 saturated carbocycles. The second kappa shape index (κ2) is 3.48. The van der Waals surface area contributed by atoms with Crippen LogP contribution in [0.1, 0.15) is 24.6 Å². The monoisotopic (exact) mass is 212 g/mol. The fourth-order valence-corrected chi connectivity index (χ4v) is 2.60. The van der Waals surface area contributed by atoms with Gasteiger partial charge >= 0.3 is 0 Å². The van der Waals surface area contributed by atoms with E-state index in [1.54, 1.807) is 0 Å². The van der Waals surface area contributed by atoms with Crippen LogP contribution in [-0.2, 0) is 12.8 Å². The maximum atomic E-state index is 6.25. The zero-order chi connectivity index (χ0) is 11.1. The van der Waals surface area contributed by atoms with E-state index in [2.05, 4.69) is 13.0 Å². The highest BCUT2D eigenvalue weighted by Crippen LogP contribution is 2.32. The lowest BCUT2D eigenvalue weighted by Gasteiger charge is -2.22. The molecule has 3 rings (SSSR count). The molecule has 2 nitrogen and oxygen atoms in total. The number of rotatable bonds is 0. The molecule has 1 atom stereocenters. The van der Waals surface area contributed by atoms with E-state index >= 15 is 0 Å². The molecule has 0 amide bonds. The number of hydrogen-bond acceptors (Lipinski definition) is 2. The molecular formula is C14H16N2. The zero-order valence-corrected chi connectivity index (χ0v) is 9.53. The highest BCUT2D eigenvalue weighted by molar-refractivity contribution is 5.92. The standard InChI is InChI=1S/C14H16N2/c1-9-6-7-11-13(8-9)16-12-5-3-2-4-10(12)14(11)15/h2-5,9H,6-8H2,1H3,(H2,15,16)/t9-/m1/s1. The SMILES string of the molecule is C[C@@H]1CCc2c(nc3ccccc3c2N)C1. The Bertz CT molecular complexity index is 546. The second-order valence-electron chi connectivity index (χ2n) is 4.82. The van der Waals surface area contributed by atoms with Gasteiger partial charge in [-0.2, -0.15) is 0 Å². The van der Waals surface area contributed by atoms with Crippen LogP contribution in [0.3, 0.4) is 0 Å². The van der Waals surface area contributed by atoms with Crippen LogP contribution in [0.5, 0.6) is 0 Å². The van der Waals surface area contributed by atoms with Crippen LogP contribution in [0.15, 0.2) is 24.3 Å². The van der Waals surface area contributed by atoms with E-state index in [1.807, 2.05) is 18.2 Å². The molecule has 1 heterocycles. The van der Waals surface area contributed by atoms with Crippen molar-refractivity contribution in [3.63, 3.8) is 0 Å². The van der Waals surface area contributed by atoms with Gasteiger partial charge in [-0.15, -0.1) is 0 Å². The van der Waals surface area contributed by atoms with Crippen LogP contribution in [-0.4, -0.2) is 4.98 Å². The number of aromatic nitrogens is 1. The van der Waals surface area contributed by atoms with Crippen molar-refractivity contribution in [1.29, 1.82) is 0 Å². The molecule has 1 aromatic carbocycles. The van der Waals surface area contributed by atoms with Gasteiger partial charge in [0.05, 0.1) is 5.52 Å². The third-order valence-electron chi connectivity index (χ3n) is 3.55. The summed E-state index contributed by atoms with van der Waals surface area (Å²) in [6, 6.07) is 8.16. The molecule has 16 heavy (non-hydrogen) atoms. The first kappa shape index (κ1) is 9.64. The highest BCUT2D eigenvalue weighted by atomic mass is 14.7. The Balaban J connectivity index is 2.29. The highest BCUT2D eigenvalue weighted by Gasteiger charge is 2.19.